The molecule has 0 spiro atoms. The second-order valence-electron chi connectivity index (χ2n) is 5.07. The lowest BCUT2D eigenvalue weighted by Gasteiger charge is -2.12. The zero-order chi connectivity index (χ0) is 15.9. The molecule has 1 aromatic carbocycles. The van der Waals surface area contributed by atoms with Crippen LogP contribution in [0.4, 0.5) is 16.2 Å². The van der Waals surface area contributed by atoms with E-state index in [1.54, 1.807) is 18.0 Å². The van der Waals surface area contributed by atoms with Gasteiger partial charge in [0.1, 0.15) is 0 Å². The summed E-state index contributed by atoms with van der Waals surface area (Å²) in [5, 5.41) is 9.75. The van der Waals surface area contributed by atoms with E-state index in [4.69, 9.17) is 4.74 Å². The van der Waals surface area contributed by atoms with Crippen LogP contribution >= 0.6 is 0 Å². The summed E-state index contributed by atoms with van der Waals surface area (Å²) in [6.07, 6.45) is 4.43. The number of aromatic nitrogens is 2. The molecular weight excluding hydrogens is 280 g/mol. The topological polar surface area (TPSA) is 68.2 Å². The van der Waals surface area contributed by atoms with E-state index < -0.39 is 0 Å². The molecule has 22 heavy (non-hydrogen) atoms. The fourth-order valence-corrected chi connectivity index (χ4v) is 2.08. The molecule has 1 aromatic heterocycles. The first-order valence-electron chi connectivity index (χ1n) is 7.35. The highest BCUT2D eigenvalue weighted by Gasteiger charge is 2.07. The number of ether oxygens (including phenoxy) is 1. The molecule has 0 fully saturated rings. The molecule has 2 amide bonds. The number of nitrogens with one attached hydrogen (secondary N) is 2. The molecule has 1 heterocycles. The van der Waals surface area contributed by atoms with Crippen molar-refractivity contribution in [1.82, 2.24) is 9.78 Å². The van der Waals surface area contributed by atoms with Gasteiger partial charge < -0.3 is 15.4 Å². The van der Waals surface area contributed by atoms with Gasteiger partial charge in [-0.05, 0) is 31.0 Å². The van der Waals surface area contributed by atoms with Gasteiger partial charge in [-0.15, -0.1) is 0 Å². The van der Waals surface area contributed by atoms with E-state index in [1.165, 1.54) is 0 Å². The van der Waals surface area contributed by atoms with Gasteiger partial charge >= 0.3 is 6.03 Å². The zero-order valence-corrected chi connectivity index (χ0v) is 13.2. The Morgan fingerprint density at radius 2 is 2.14 bits per heavy atom. The Morgan fingerprint density at radius 1 is 1.36 bits per heavy atom. The summed E-state index contributed by atoms with van der Waals surface area (Å²) in [5.74, 6) is 0. The number of urea groups is 1. The minimum Gasteiger partial charge on any atom is -0.377 e. The molecule has 0 radical (unpaired) electrons. The Hall–Kier alpha value is -2.34. The number of anilines is 2. The van der Waals surface area contributed by atoms with Gasteiger partial charge in [-0.3, -0.25) is 4.68 Å². The van der Waals surface area contributed by atoms with E-state index in [9.17, 15) is 4.79 Å². The molecule has 0 saturated carbocycles. The quantitative estimate of drug-likeness (QED) is 0.856. The van der Waals surface area contributed by atoms with Crippen molar-refractivity contribution in [3.05, 3.63) is 42.2 Å². The lowest BCUT2D eigenvalue weighted by Crippen LogP contribution is -2.19. The number of rotatable bonds is 6. The van der Waals surface area contributed by atoms with Gasteiger partial charge in [0.15, 0.2) is 0 Å². The van der Waals surface area contributed by atoms with Crippen molar-refractivity contribution in [1.29, 1.82) is 0 Å². The molecule has 0 aliphatic carbocycles. The van der Waals surface area contributed by atoms with E-state index in [1.807, 2.05) is 37.4 Å². The summed E-state index contributed by atoms with van der Waals surface area (Å²) >= 11 is 0. The Morgan fingerprint density at radius 3 is 2.86 bits per heavy atom. The van der Waals surface area contributed by atoms with Crippen molar-refractivity contribution in [2.45, 2.75) is 32.9 Å². The first kappa shape index (κ1) is 16.0. The van der Waals surface area contributed by atoms with E-state index >= 15 is 0 Å². The average molecular weight is 302 g/mol. The highest BCUT2D eigenvalue weighted by atomic mass is 16.5. The lowest BCUT2D eigenvalue weighted by molar-refractivity contribution is 0.119. The normalized spacial score (nSPS) is 12.0. The van der Waals surface area contributed by atoms with Gasteiger partial charge in [-0.25, -0.2) is 4.79 Å². The minimum atomic E-state index is -0.293. The highest BCUT2D eigenvalue weighted by molar-refractivity contribution is 5.99. The number of amides is 2. The van der Waals surface area contributed by atoms with E-state index in [-0.39, 0.29) is 12.1 Å². The number of benzene rings is 1. The van der Waals surface area contributed by atoms with Crippen molar-refractivity contribution >= 4 is 17.4 Å². The minimum absolute atomic E-state index is 0.0166. The van der Waals surface area contributed by atoms with Gasteiger partial charge in [0.05, 0.1) is 18.0 Å². The third kappa shape index (κ3) is 4.33. The summed E-state index contributed by atoms with van der Waals surface area (Å²) in [6, 6.07) is 7.30. The molecule has 118 valence electrons. The predicted molar refractivity (Wildman–Crippen MR) is 87.0 cm³/mol. The van der Waals surface area contributed by atoms with Gasteiger partial charge in [0, 0.05) is 25.5 Å². The molecule has 6 heteroatoms. The smallest absolute Gasteiger partial charge is 0.323 e. The number of hydrogen-bond acceptors (Lipinski definition) is 3. The van der Waals surface area contributed by atoms with Crippen molar-refractivity contribution in [3.8, 4) is 0 Å². The van der Waals surface area contributed by atoms with Crippen molar-refractivity contribution in [3.63, 3.8) is 0 Å². The molecule has 0 aliphatic heterocycles. The Balaban J connectivity index is 1.96. The first-order chi connectivity index (χ1) is 10.6. The molecule has 2 aromatic rings. The van der Waals surface area contributed by atoms with E-state index in [0.29, 0.717) is 5.69 Å². The van der Waals surface area contributed by atoms with Gasteiger partial charge in [0.25, 0.3) is 0 Å². The van der Waals surface area contributed by atoms with Crippen LogP contribution < -0.4 is 10.6 Å². The summed E-state index contributed by atoms with van der Waals surface area (Å²) in [4.78, 5) is 12.0. The molecule has 2 rings (SSSR count). The molecule has 0 bridgehead atoms. The maximum Gasteiger partial charge on any atom is 0.323 e. The van der Waals surface area contributed by atoms with Crippen LogP contribution in [-0.2, 0) is 11.3 Å². The third-order valence-corrected chi connectivity index (χ3v) is 3.31. The summed E-state index contributed by atoms with van der Waals surface area (Å²) in [7, 11) is 1.66. The maximum absolute atomic E-state index is 12.0. The van der Waals surface area contributed by atoms with Gasteiger partial charge in [0.2, 0.25) is 0 Å². The van der Waals surface area contributed by atoms with E-state index in [0.717, 1.165) is 24.2 Å². The number of carbonyl (C=O) groups excluding carboxylic acids is 1. The standard InChI is InChI=1S/C16H22N4O2/c1-4-8-20-11-15(10-17-20)19-16(21)18-14-7-5-6-13(9-14)12(2)22-3/h5-7,9-12H,4,8H2,1-3H3,(H2,18,19,21). The SMILES string of the molecule is CCCn1cc(NC(=O)Nc2cccc(C(C)OC)c2)cn1. The molecule has 1 atom stereocenters. The Labute approximate surface area is 130 Å². The second kappa shape index (κ2) is 7.61. The molecule has 6 nitrogen and oxygen atoms in total. The Kier molecular flexibility index (Phi) is 5.55. The average Bonchev–Trinajstić information content (AvgIpc) is 2.94. The van der Waals surface area contributed by atoms with E-state index in [2.05, 4.69) is 22.7 Å². The molecule has 0 aliphatic rings. The van der Waals surface area contributed by atoms with Crippen molar-refractivity contribution in [2.24, 2.45) is 0 Å². The molecule has 0 saturated heterocycles. The zero-order valence-electron chi connectivity index (χ0n) is 13.2. The summed E-state index contributed by atoms with van der Waals surface area (Å²) < 4.78 is 7.08. The van der Waals surface area contributed by atoms with Crippen LogP contribution in [0.3, 0.4) is 0 Å². The molecular formula is C16H22N4O2. The van der Waals surface area contributed by atoms with Gasteiger partial charge in [-0.1, -0.05) is 19.1 Å². The maximum atomic E-state index is 12.0. The van der Waals surface area contributed by atoms with Crippen LogP contribution in [0.2, 0.25) is 0 Å². The molecule has 2 N–H and O–H groups in total. The van der Waals surface area contributed by atoms with Crippen LogP contribution in [0.25, 0.3) is 0 Å². The number of nitrogens with zero attached hydrogens (tertiary/aromatic N) is 2. The first-order valence-corrected chi connectivity index (χ1v) is 7.35. The summed E-state index contributed by atoms with van der Waals surface area (Å²) in [6.45, 7) is 4.87. The van der Waals surface area contributed by atoms with Crippen LogP contribution in [0, 0.1) is 0 Å². The summed E-state index contributed by atoms with van der Waals surface area (Å²) in [5.41, 5.74) is 2.41. The van der Waals surface area contributed by atoms with Crippen molar-refractivity contribution < 1.29 is 9.53 Å². The second-order valence-corrected chi connectivity index (χ2v) is 5.07. The number of hydrogen-bond donors (Lipinski definition) is 2. The van der Waals surface area contributed by atoms with Crippen LogP contribution in [0.1, 0.15) is 31.9 Å². The van der Waals surface area contributed by atoms with Crippen LogP contribution in [0.5, 0.6) is 0 Å². The number of methoxy groups -OCH3 is 1. The fourth-order valence-electron chi connectivity index (χ4n) is 2.08. The monoisotopic (exact) mass is 302 g/mol. The number of carbonyl (C=O) groups is 1. The molecule has 1 unspecified atom stereocenters. The van der Waals surface area contributed by atoms with Crippen LogP contribution in [-0.4, -0.2) is 22.9 Å². The highest BCUT2D eigenvalue weighted by Crippen LogP contribution is 2.19. The lowest BCUT2D eigenvalue weighted by atomic mass is 10.1. The largest absolute Gasteiger partial charge is 0.377 e. The predicted octanol–water partition coefficient (Wildman–Crippen LogP) is 3.64. The number of aryl methyl sites for hydroxylation is 1. The fraction of sp³-hybridized carbons (Fsp3) is 0.375. The van der Waals surface area contributed by atoms with Crippen molar-refractivity contribution in [2.75, 3.05) is 17.7 Å². The Bertz CT molecular complexity index is 624. The van der Waals surface area contributed by atoms with Gasteiger partial charge in [-0.2, -0.15) is 5.10 Å². The third-order valence-electron chi connectivity index (χ3n) is 3.31. The van der Waals surface area contributed by atoms with Crippen LogP contribution in [0.15, 0.2) is 36.7 Å².